The van der Waals surface area contributed by atoms with Gasteiger partial charge in [0, 0.05) is 12.1 Å². The van der Waals surface area contributed by atoms with E-state index in [2.05, 4.69) is 15.0 Å². The van der Waals surface area contributed by atoms with Crippen molar-refractivity contribution in [3.8, 4) is 0 Å². The van der Waals surface area contributed by atoms with Crippen LogP contribution in [0.5, 0.6) is 0 Å². The Morgan fingerprint density at radius 3 is 2.85 bits per heavy atom. The van der Waals surface area contributed by atoms with Gasteiger partial charge in [-0.3, -0.25) is 10.1 Å². The summed E-state index contributed by atoms with van der Waals surface area (Å²) in [6.07, 6.45) is 1.13. The van der Waals surface area contributed by atoms with Gasteiger partial charge in [0.15, 0.2) is 0 Å². The largest absolute Gasteiger partial charge is 0.453 e. The highest BCUT2D eigenvalue weighted by atomic mass is 32.1. The van der Waals surface area contributed by atoms with E-state index in [1.54, 1.807) is 18.2 Å². The van der Waals surface area contributed by atoms with Gasteiger partial charge in [0.1, 0.15) is 0 Å². The summed E-state index contributed by atoms with van der Waals surface area (Å²) in [5, 5.41) is 4.50. The fraction of sp³-hybridized carbons (Fsp3) is 0.278. The number of aromatic nitrogens is 2. The summed E-state index contributed by atoms with van der Waals surface area (Å²) < 4.78 is 6.57. The molecule has 0 aliphatic carbocycles. The van der Waals surface area contributed by atoms with Crippen LogP contribution in [0.2, 0.25) is 0 Å². The van der Waals surface area contributed by atoms with Gasteiger partial charge in [-0.15, -0.1) is 11.3 Å². The lowest BCUT2D eigenvalue weighted by molar-refractivity contribution is 0.104. The topological polar surface area (TPSA) is 99.2 Å². The molecule has 3 rings (SSSR count). The summed E-state index contributed by atoms with van der Waals surface area (Å²) in [5.74, 6) is 0.353. The molecule has 1 aromatic carbocycles. The summed E-state index contributed by atoms with van der Waals surface area (Å²) in [6.45, 7) is 1.26. The molecule has 0 spiro atoms. The molecule has 0 saturated carbocycles. The highest BCUT2D eigenvalue weighted by Gasteiger charge is 2.16. The lowest BCUT2D eigenvalue weighted by Crippen LogP contribution is -2.15. The number of amides is 1. The SMILES string of the molecule is COC(=O)Nc1nc2cc(C(=O)c3cccs3)ccc2n1CCCCN. The predicted molar refractivity (Wildman–Crippen MR) is 102 cm³/mol. The van der Waals surface area contributed by atoms with E-state index in [0.29, 0.717) is 35.0 Å². The monoisotopic (exact) mass is 372 g/mol. The summed E-state index contributed by atoms with van der Waals surface area (Å²) >= 11 is 1.40. The molecule has 0 aliphatic rings. The molecule has 0 bridgehead atoms. The maximum atomic E-state index is 12.6. The van der Waals surface area contributed by atoms with E-state index in [1.165, 1.54) is 18.4 Å². The molecule has 0 atom stereocenters. The quantitative estimate of drug-likeness (QED) is 0.490. The molecule has 136 valence electrons. The van der Waals surface area contributed by atoms with Crippen LogP contribution in [-0.2, 0) is 11.3 Å². The zero-order chi connectivity index (χ0) is 18.5. The number of methoxy groups -OCH3 is 1. The third kappa shape index (κ3) is 3.76. The molecule has 3 aromatic rings. The van der Waals surface area contributed by atoms with Crippen molar-refractivity contribution in [1.29, 1.82) is 0 Å². The average Bonchev–Trinajstić information content (AvgIpc) is 3.29. The number of hydrogen-bond donors (Lipinski definition) is 2. The van der Waals surface area contributed by atoms with E-state index in [1.807, 2.05) is 22.1 Å². The molecule has 1 amide bonds. The van der Waals surface area contributed by atoms with Gasteiger partial charge >= 0.3 is 6.09 Å². The molecule has 3 N–H and O–H groups in total. The molecule has 2 heterocycles. The number of ketones is 1. The Hall–Kier alpha value is -2.71. The first kappa shape index (κ1) is 18.1. The van der Waals surface area contributed by atoms with Crippen molar-refractivity contribution < 1.29 is 14.3 Å². The van der Waals surface area contributed by atoms with Crippen molar-refractivity contribution in [2.24, 2.45) is 5.73 Å². The number of carbonyl (C=O) groups is 2. The molecule has 7 nitrogen and oxygen atoms in total. The summed E-state index contributed by atoms with van der Waals surface area (Å²) in [5.41, 5.74) is 7.62. The number of carbonyl (C=O) groups excluding carboxylic acids is 2. The molecule has 2 aromatic heterocycles. The van der Waals surface area contributed by atoms with E-state index < -0.39 is 6.09 Å². The molecule has 0 aliphatic heterocycles. The number of hydrogen-bond acceptors (Lipinski definition) is 6. The van der Waals surface area contributed by atoms with E-state index in [4.69, 9.17) is 5.73 Å². The van der Waals surface area contributed by atoms with E-state index in [9.17, 15) is 9.59 Å². The number of thiophene rings is 1. The van der Waals surface area contributed by atoms with Crippen molar-refractivity contribution in [1.82, 2.24) is 9.55 Å². The fourth-order valence-corrected chi connectivity index (χ4v) is 3.39. The van der Waals surface area contributed by atoms with E-state index >= 15 is 0 Å². The Kier molecular flexibility index (Phi) is 5.65. The standard InChI is InChI=1S/C18H20N4O3S/c1-25-18(24)21-17-20-13-11-12(16(23)15-5-4-10-26-15)6-7-14(13)22(17)9-3-2-8-19/h4-7,10-11H,2-3,8-9,19H2,1H3,(H,20,21,24). The lowest BCUT2D eigenvalue weighted by atomic mass is 10.1. The average molecular weight is 372 g/mol. The molecular weight excluding hydrogens is 352 g/mol. The van der Waals surface area contributed by atoms with Crippen molar-refractivity contribution in [3.63, 3.8) is 0 Å². The van der Waals surface area contributed by atoms with E-state index in [-0.39, 0.29) is 5.78 Å². The maximum Gasteiger partial charge on any atom is 0.413 e. The zero-order valence-electron chi connectivity index (χ0n) is 14.4. The summed E-state index contributed by atoms with van der Waals surface area (Å²) in [4.78, 5) is 29.3. The first-order chi connectivity index (χ1) is 12.6. The van der Waals surface area contributed by atoms with Crippen LogP contribution in [0.25, 0.3) is 11.0 Å². The van der Waals surface area contributed by atoms with Crippen LogP contribution in [0.4, 0.5) is 10.7 Å². The minimum absolute atomic E-state index is 0.0398. The smallest absolute Gasteiger partial charge is 0.413 e. The predicted octanol–water partition coefficient (Wildman–Crippen LogP) is 3.25. The minimum atomic E-state index is -0.588. The Labute approximate surface area is 154 Å². The van der Waals surface area contributed by atoms with Crippen LogP contribution in [0.1, 0.15) is 28.1 Å². The molecule has 0 fully saturated rings. The highest BCUT2D eigenvalue weighted by molar-refractivity contribution is 7.12. The number of imidazole rings is 1. The first-order valence-electron chi connectivity index (χ1n) is 8.27. The second-order valence-electron chi connectivity index (χ2n) is 5.71. The van der Waals surface area contributed by atoms with Crippen molar-refractivity contribution in [3.05, 3.63) is 46.2 Å². The van der Waals surface area contributed by atoms with Gasteiger partial charge in [0.05, 0.1) is 23.0 Å². The number of aryl methyl sites for hydroxylation is 1. The molecule has 0 saturated heterocycles. The molecule has 8 heteroatoms. The Balaban J connectivity index is 1.98. The number of benzene rings is 1. The number of nitrogens with zero attached hydrogens (tertiary/aromatic N) is 2. The maximum absolute atomic E-state index is 12.6. The van der Waals surface area contributed by atoms with Crippen LogP contribution in [0.15, 0.2) is 35.7 Å². The van der Waals surface area contributed by atoms with Gasteiger partial charge in [-0.25, -0.2) is 9.78 Å². The van der Waals surface area contributed by atoms with Crippen LogP contribution in [0.3, 0.4) is 0 Å². The summed E-state index contributed by atoms with van der Waals surface area (Å²) in [7, 11) is 1.30. The van der Waals surface area contributed by atoms with Crippen molar-refractivity contribution >= 4 is 40.2 Å². The van der Waals surface area contributed by atoms with Gasteiger partial charge in [0.2, 0.25) is 11.7 Å². The zero-order valence-corrected chi connectivity index (χ0v) is 15.2. The van der Waals surface area contributed by atoms with Gasteiger partial charge in [-0.1, -0.05) is 6.07 Å². The van der Waals surface area contributed by atoms with Gasteiger partial charge in [0.25, 0.3) is 0 Å². The van der Waals surface area contributed by atoms with Gasteiger partial charge < -0.3 is 15.0 Å². The fourth-order valence-electron chi connectivity index (χ4n) is 2.70. The number of fused-ring (bicyclic) bond motifs is 1. The Bertz CT molecular complexity index is 918. The molecular formula is C18H20N4O3S. The van der Waals surface area contributed by atoms with Crippen LogP contribution in [0, 0.1) is 0 Å². The van der Waals surface area contributed by atoms with Gasteiger partial charge in [-0.2, -0.15) is 0 Å². The molecule has 0 unspecified atom stereocenters. The number of nitrogens with two attached hydrogens (primary N) is 1. The third-order valence-electron chi connectivity index (χ3n) is 3.99. The lowest BCUT2D eigenvalue weighted by Gasteiger charge is -2.09. The van der Waals surface area contributed by atoms with Crippen LogP contribution >= 0.6 is 11.3 Å². The minimum Gasteiger partial charge on any atom is -0.453 e. The third-order valence-corrected chi connectivity index (χ3v) is 4.86. The normalized spacial score (nSPS) is 10.8. The van der Waals surface area contributed by atoms with Crippen LogP contribution < -0.4 is 11.1 Å². The number of ether oxygens (including phenoxy) is 1. The number of rotatable bonds is 7. The number of unbranched alkanes of at least 4 members (excludes halogenated alkanes) is 1. The Morgan fingerprint density at radius 2 is 2.15 bits per heavy atom. The second kappa shape index (κ2) is 8.11. The number of nitrogens with one attached hydrogen (secondary N) is 1. The highest BCUT2D eigenvalue weighted by Crippen LogP contribution is 2.24. The van der Waals surface area contributed by atoms with Crippen molar-refractivity contribution in [2.75, 3.05) is 19.0 Å². The molecule has 26 heavy (non-hydrogen) atoms. The summed E-state index contributed by atoms with van der Waals surface area (Å²) in [6, 6.07) is 9.04. The van der Waals surface area contributed by atoms with Crippen molar-refractivity contribution in [2.45, 2.75) is 19.4 Å². The van der Waals surface area contributed by atoms with E-state index in [0.717, 1.165) is 18.4 Å². The van der Waals surface area contributed by atoms with Gasteiger partial charge in [-0.05, 0) is 49.0 Å². The number of anilines is 1. The molecule has 0 radical (unpaired) electrons. The Morgan fingerprint density at radius 1 is 1.31 bits per heavy atom. The van der Waals surface area contributed by atoms with Crippen LogP contribution in [-0.4, -0.2) is 35.1 Å². The second-order valence-corrected chi connectivity index (χ2v) is 6.66. The first-order valence-corrected chi connectivity index (χ1v) is 9.15.